The van der Waals surface area contributed by atoms with E-state index in [1.165, 1.54) is 12.1 Å². The summed E-state index contributed by atoms with van der Waals surface area (Å²) in [6.07, 6.45) is 0.681. The topological polar surface area (TPSA) is 32.3 Å². The lowest BCUT2D eigenvalue weighted by Gasteiger charge is -2.17. The number of nitrogens with one attached hydrogen (secondary N) is 1. The molecular formula is C15H15BrFNO. The summed E-state index contributed by atoms with van der Waals surface area (Å²) in [5, 5.41) is 12.6. The second-order valence-corrected chi connectivity index (χ2v) is 5.33. The second-order valence-electron chi connectivity index (χ2n) is 4.42. The highest BCUT2D eigenvalue weighted by Crippen LogP contribution is 2.24. The number of aromatic hydroxyl groups is 1. The molecule has 0 saturated heterocycles. The van der Waals surface area contributed by atoms with Gasteiger partial charge in [0.15, 0.2) is 0 Å². The summed E-state index contributed by atoms with van der Waals surface area (Å²) >= 11 is 3.30. The quantitative estimate of drug-likeness (QED) is 0.897. The highest BCUT2D eigenvalue weighted by molar-refractivity contribution is 9.10. The van der Waals surface area contributed by atoms with E-state index >= 15 is 0 Å². The van der Waals surface area contributed by atoms with Crippen LogP contribution in [0.15, 0.2) is 46.9 Å². The molecule has 4 heteroatoms. The first kappa shape index (κ1) is 14.0. The molecule has 1 unspecified atom stereocenters. The number of rotatable bonds is 4. The van der Waals surface area contributed by atoms with E-state index in [0.717, 1.165) is 15.6 Å². The van der Waals surface area contributed by atoms with Gasteiger partial charge in [0.2, 0.25) is 0 Å². The molecule has 0 aromatic heterocycles. The Morgan fingerprint density at radius 2 is 2.05 bits per heavy atom. The van der Waals surface area contributed by atoms with E-state index in [9.17, 15) is 9.50 Å². The third-order valence-electron chi connectivity index (χ3n) is 2.99. The van der Waals surface area contributed by atoms with Gasteiger partial charge >= 0.3 is 0 Å². The maximum Gasteiger partial charge on any atom is 0.124 e. The van der Waals surface area contributed by atoms with Crippen molar-refractivity contribution in [1.29, 1.82) is 0 Å². The maximum absolute atomic E-state index is 13.4. The molecule has 0 saturated carbocycles. The van der Waals surface area contributed by atoms with E-state index in [0.29, 0.717) is 6.42 Å². The molecule has 0 heterocycles. The molecule has 2 aromatic rings. The summed E-state index contributed by atoms with van der Waals surface area (Å²) in [4.78, 5) is 0. The fourth-order valence-corrected chi connectivity index (χ4v) is 2.57. The first-order valence-electron chi connectivity index (χ1n) is 5.99. The summed E-state index contributed by atoms with van der Waals surface area (Å²) in [6.45, 7) is 0. The highest BCUT2D eigenvalue weighted by Gasteiger charge is 2.12. The molecule has 0 aliphatic carbocycles. The fourth-order valence-electron chi connectivity index (χ4n) is 2.08. The Hall–Kier alpha value is -1.39. The van der Waals surface area contributed by atoms with Gasteiger partial charge in [-0.15, -0.1) is 0 Å². The van der Waals surface area contributed by atoms with Crippen LogP contribution in [0.3, 0.4) is 0 Å². The molecule has 0 spiro atoms. The number of phenols is 1. The van der Waals surface area contributed by atoms with Crippen LogP contribution in [-0.2, 0) is 6.42 Å². The largest absolute Gasteiger partial charge is 0.508 e. The fraction of sp³-hybridized carbons (Fsp3) is 0.200. The Kier molecular flexibility index (Phi) is 4.56. The second kappa shape index (κ2) is 6.17. The zero-order chi connectivity index (χ0) is 13.8. The van der Waals surface area contributed by atoms with Gasteiger partial charge in [0.05, 0.1) is 0 Å². The van der Waals surface area contributed by atoms with Gasteiger partial charge in [-0.25, -0.2) is 4.39 Å². The van der Waals surface area contributed by atoms with Crippen LogP contribution in [-0.4, -0.2) is 12.2 Å². The molecule has 0 fully saturated rings. The number of phenolic OH excluding ortho intramolecular Hbond substituents is 1. The summed E-state index contributed by atoms with van der Waals surface area (Å²) in [7, 11) is 1.84. The molecule has 2 N–H and O–H groups in total. The third kappa shape index (κ3) is 3.78. The monoisotopic (exact) mass is 323 g/mol. The van der Waals surface area contributed by atoms with Gasteiger partial charge in [0.25, 0.3) is 0 Å². The van der Waals surface area contributed by atoms with Crippen LogP contribution in [0.1, 0.15) is 17.2 Å². The molecular weight excluding hydrogens is 309 g/mol. The molecule has 0 amide bonds. The minimum absolute atomic E-state index is 0.00574. The van der Waals surface area contributed by atoms with Crippen molar-refractivity contribution in [1.82, 2.24) is 5.32 Å². The van der Waals surface area contributed by atoms with Crippen molar-refractivity contribution >= 4 is 15.9 Å². The van der Waals surface area contributed by atoms with Crippen molar-refractivity contribution in [2.75, 3.05) is 7.05 Å². The third-order valence-corrected chi connectivity index (χ3v) is 3.44. The molecule has 100 valence electrons. The van der Waals surface area contributed by atoms with Crippen LogP contribution in [0.25, 0.3) is 0 Å². The number of halogens is 2. The van der Waals surface area contributed by atoms with Crippen molar-refractivity contribution in [3.05, 3.63) is 63.9 Å². The standard InChI is InChI=1S/C15H15BrFNO/c1-18-15(6-10-3-2-4-14(19)5-10)11-7-12(16)9-13(17)8-11/h2-5,7-9,15,18-19H,6H2,1H3. The maximum atomic E-state index is 13.4. The van der Waals surface area contributed by atoms with E-state index in [2.05, 4.69) is 21.2 Å². The van der Waals surface area contributed by atoms with E-state index < -0.39 is 0 Å². The minimum atomic E-state index is -0.263. The van der Waals surface area contributed by atoms with Gasteiger partial charge in [-0.05, 0) is 54.9 Å². The first-order chi connectivity index (χ1) is 9.08. The molecule has 0 bridgehead atoms. The zero-order valence-electron chi connectivity index (χ0n) is 10.5. The van der Waals surface area contributed by atoms with Gasteiger partial charge in [-0.2, -0.15) is 0 Å². The molecule has 19 heavy (non-hydrogen) atoms. The molecule has 2 rings (SSSR count). The first-order valence-corrected chi connectivity index (χ1v) is 6.79. The molecule has 1 atom stereocenters. The summed E-state index contributed by atoms with van der Waals surface area (Å²) in [5.74, 6) is -0.0201. The molecule has 0 aliphatic heterocycles. The van der Waals surface area contributed by atoms with Crippen LogP contribution in [0.5, 0.6) is 5.75 Å². The molecule has 0 aliphatic rings. The van der Waals surface area contributed by atoms with Crippen molar-refractivity contribution in [3.63, 3.8) is 0 Å². The van der Waals surface area contributed by atoms with Crippen molar-refractivity contribution in [2.45, 2.75) is 12.5 Å². The highest BCUT2D eigenvalue weighted by atomic mass is 79.9. The van der Waals surface area contributed by atoms with Gasteiger partial charge < -0.3 is 10.4 Å². The van der Waals surface area contributed by atoms with Gasteiger partial charge in [-0.1, -0.05) is 28.1 Å². The van der Waals surface area contributed by atoms with Crippen molar-refractivity contribution in [3.8, 4) is 5.75 Å². The van der Waals surface area contributed by atoms with Gasteiger partial charge in [-0.3, -0.25) is 0 Å². The number of likely N-dealkylation sites (N-methyl/N-ethyl adjacent to an activating group) is 1. The average Bonchev–Trinajstić information content (AvgIpc) is 2.34. The Bertz CT molecular complexity index is 554. The van der Waals surface area contributed by atoms with Crippen molar-refractivity contribution < 1.29 is 9.50 Å². The number of hydrogen-bond donors (Lipinski definition) is 2. The molecule has 2 aromatic carbocycles. The van der Waals surface area contributed by atoms with Crippen LogP contribution < -0.4 is 5.32 Å². The predicted octanol–water partition coefficient (Wildman–Crippen LogP) is 3.80. The van der Waals surface area contributed by atoms with Gasteiger partial charge in [0, 0.05) is 10.5 Å². The molecule has 0 radical (unpaired) electrons. The smallest absolute Gasteiger partial charge is 0.124 e. The lowest BCUT2D eigenvalue weighted by molar-refractivity contribution is 0.473. The van der Waals surface area contributed by atoms with E-state index in [4.69, 9.17) is 0 Å². The van der Waals surface area contributed by atoms with Crippen LogP contribution in [0, 0.1) is 5.82 Å². The van der Waals surface area contributed by atoms with E-state index in [-0.39, 0.29) is 17.6 Å². The summed E-state index contributed by atoms with van der Waals surface area (Å²) in [6, 6.07) is 12.0. The van der Waals surface area contributed by atoms with Gasteiger partial charge in [0.1, 0.15) is 11.6 Å². The SMILES string of the molecule is CNC(Cc1cccc(O)c1)c1cc(F)cc(Br)c1. The number of benzene rings is 2. The minimum Gasteiger partial charge on any atom is -0.508 e. The predicted molar refractivity (Wildman–Crippen MR) is 77.7 cm³/mol. The van der Waals surface area contributed by atoms with E-state index in [1.54, 1.807) is 18.2 Å². The lowest BCUT2D eigenvalue weighted by Crippen LogP contribution is -2.19. The normalized spacial score (nSPS) is 12.4. The zero-order valence-corrected chi connectivity index (χ0v) is 12.1. The van der Waals surface area contributed by atoms with E-state index in [1.807, 2.05) is 19.2 Å². The van der Waals surface area contributed by atoms with Crippen LogP contribution in [0.4, 0.5) is 4.39 Å². The van der Waals surface area contributed by atoms with Crippen molar-refractivity contribution in [2.24, 2.45) is 0 Å². The van der Waals surface area contributed by atoms with Crippen LogP contribution >= 0.6 is 15.9 Å². The average molecular weight is 324 g/mol. The number of hydrogen-bond acceptors (Lipinski definition) is 2. The molecule has 2 nitrogen and oxygen atoms in total. The van der Waals surface area contributed by atoms with Crippen LogP contribution in [0.2, 0.25) is 0 Å². The Labute approximate surface area is 120 Å². The Morgan fingerprint density at radius 1 is 1.26 bits per heavy atom. The summed E-state index contributed by atoms with van der Waals surface area (Å²) < 4.78 is 14.2. The Morgan fingerprint density at radius 3 is 2.68 bits per heavy atom. The summed E-state index contributed by atoms with van der Waals surface area (Å²) in [5.41, 5.74) is 1.87. The Balaban J connectivity index is 2.24. The lowest BCUT2D eigenvalue weighted by atomic mass is 9.99.